The third kappa shape index (κ3) is 6.10. The predicted molar refractivity (Wildman–Crippen MR) is 58.8 cm³/mol. The normalized spacial score (nSPS) is 11.3. The van der Waals surface area contributed by atoms with Crippen LogP contribution in [0.1, 0.15) is 27.7 Å². The number of halogens is 1. The summed E-state index contributed by atoms with van der Waals surface area (Å²) >= 11 is 5.92. The number of rotatable bonds is 4. The van der Waals surface area contributed by atoms with E-state index in [2.05, 4.69) is 5.73 Å². The molecule has 0 aliphatic carbocycles. The van der Waals surface area contributed by atoms with Crippen molar-refractivity contribution in [2.24, 2.45) is 0 Å². The molecule has 0 aromatic carbocycles. The van der Waals surface area contributed by atoms with Gasteiger partial charge in [-0.05, 0) is 26.3 Å². The number of Topliss-reactive ketones (excluding diaryl/α,β-unsaturated/α-hetero) is 1. The first-order valence-electron chi connectivity index (χ1n) is 4.57. The molecule has 84 valence electrons. The lowest BCUT2D eigenvalue weighted by Crippen LogP contribution is -2.12. The summed E-state index contributed by atoms with van der Waals surface area (Å²) in [6.07, 6.45) is 0. The smallest absolute Gasteiger partial charge is 0.302 e. The third-order valence-electron chi connectivity index (χ3n) is 1.82. The van der Waals surface area contributed by atoms with E-state index in [1.54, 1.807) is 13.8 Å². The summed E-state index contributed by atoms with van der Waals surface area (Å²) in [6.45, 7) is 6.29. The summed E-state index contributed by atoms with van der Waals surface area (Å²) in [6, 6.07) is 0. The van der Waals surface area contributed by atoms with Gasteiger partial charge in [0, 0.05) is 12.5 Å². The van der Waals surface area contributed by atoms with Gasteiger partial charge in [-0.2, -0.15) is 0 Å². The van der Waals surface area contributed by atoms with Crippen molar-refractivity contribution in [2.75, 3.05) is 6.61 Å². The first-order valence-corrected chi connectivity index (χ1v) is 5.00. The first-order chi connectivity index (χ1) is 6.84. The average molecular weight is 231 g/mol. The Morgan fingerprint density at radius 3 is 2.20 bits per heavy atom. The minimum atomic E-state index is -0.441. The largest absolute Gasteiger partial charge is 0.464 e. The molecule has 0 bridgehead atoms. The summed E-state index contributed by atoms with van der Waals surface area (Å²) < 4.78 is 4.74. The Morgan fingerprint density at radius 2 is 1.80 bits per heavy atom. The Hall–Kier alpha value is -1.05. The predicted octanol–water partition coefficient (Wildman–Crippen LogP) is 2.24. The molecule has 0 aliphatic rings. The zero-order valence-corrected chi connectivity index (χ0v) is 10.1. The van der Waals surface area contributed by atoms with Gasteiger partial charge in [-0.1, -0.05) is 0 Å². The zero-order chi connectivity index (χ0) is 12.0. The SMILES string of the molecule is CC(=O)OCC(Cl)C(C)=C=C(C)C(C)=O. The van der Waals surface area contributed by atoms with Crippen LogP contribution in [0.25, 0.3) is 0 Å². The highest BCUT2D eigenvalue weighted by atomic mass is 35.5. The number of ketones is 1. The van der Waals surface area contributed by atoms with Gasteiger partial charge in [0.1, 0.15) is 6.61 Å². The molecule has 0 spiro atoms. The number of carbonyl (C=O) groups excluding carboxylic acids is 2. The molecular weight excluding hydrogens is 216 g/mol. The van der Waals surface area contributed by atoms with Crippen LogP contribution in [0.15, 0.2) is 16.9 Å². The number of ether oxygens (including phenoxy) is 1. The maximum atomic E-state index is 10.9. The lowest BCUT2D eigenvalue weighted by atomic mass is 10.1. The minimum absolute atomic E-state index is 0.0503. The van der Waals surface area contributed by atoms with Crippen LogP contribution in [-0.2, 0) is 14.3 Å². The van der Waals surface area contributed by atoms with Crippen molar-refractivity contribution >= 4 is 23.4 Å². The number of hydrogen-bond acceptors (Lipinski definition) is 3. The number of alkyl halides is 1. The summed E-state index contributed by atoms with van der Waals surface area (Å²) in [7, 11) is 0. The van der Waals surface area contributed by atoms with E-state index in [9.17, 15) is 9.59 Å². The lowest BCUT2D eigenvalue weighted by Gasteiger charge is -2.07. The van der Waals surface area contributed by atoms with Crippen molar-refractivity contribution in [1.29, 1.82) is 0 Å². The second-order valence-corrected chi connectivity index (χ2v) is 3.79. The van der Waals surface area contributed by atoms with E-state index in [0.29, 0.717) is 11.1 Å². The van der Waals surface area contributed by atoms with Gasteiger partial charge in [-0.15, -0.1) is 17.3 Å². The fourth-order valence-corrected chi connectivity index (χ4v) is 0.895. The summed E-state index contributed by atoms with van der Waals surface area (Å²) in [5.74, 6) is -0.425. The maximum Gasteiger partial charge on any atom is 0.302 e. The highest BCUT2D eigenvalue weighted by Crippen LogP contribution is 2.09. The molecule has 0 saturated heterocycles. The Kier molecular flexibility index (Phi) is 5.99. The molecule has 0 aliphatic heterocycles. The number of esters is 1. The van der Waals surface area contributed by atoms with Gasteiger partial charge in [-0.25, -0.2) is 0 Å². The van der Waals surface area contributed by atoms with Crippen molar-refractivity contribution in [3.63, 3.8) is 0 Å². The molecule has 3 nitrogen and oxygen atoms in total. The molecule has 0 amide bonds. The summed E-state index contributed by atoms with van der Waals surface area (Å²) in [4.78, 5) is 21.5. The Bertz CT molecular complexity index is 325. The summed E-state index contributed by atoms with van der Waals surface area (Å²) in [5.41, 5.74) is 4.06. The monoisotopic (exact) mass is 230 g/mol. The van der Waals surface area contributed by atoms with E-state index >= 15 is 0 Å². The van der Waals surface area contributed by atoms with Gasteiger partial charge in [0.05, 0.1) is 5.38 Å². The van der Waals surface area contributed by atoms with Crippen LogP contribution in [0.2, 0.25) is 0 Å². The van der Waals surface area contributed by atoms with E-state index in [4.69, 9.17) is 16.3 Å². The highest BCUT2D eigenvalue weighted by Gasteiger charge is 2.08. The van der Waals surface area contributed by atoms with Gasteiger partial charge in [0.15, 0.2) is 5.78 Å². The quantitative estimate of drug-likeness (QED) is 0.322. The van der Waals surface area contributed by atoms with Crippen molar-refractivity contribution in [3.8, 4) is 0 Å². The molecule has 0 saturated carbocycles. The molecule has 15 heavy (non-hydrogen) atoms. The van der Waals surface area contributed by atoms with Crippen LogP contribution in [0, 0.1) is 0 Å². The van der Waals surface area contributed by atoms with Crippen molar-refractivity contribution in [3.05, 3.63) is 16.9 Å². The molecule has 0 aromatic heterocycles. The Morgan fingerprint density at radius 1 is 1.27 bits per heavy atom. The molecule has 0 N–H and O–H groups in total. The molecule has 0 rings (SSSR count). The van der Waals surface area contributed by atoms with Crippen LogP contribution < -0.4 is 0 Å². The second kappa shape index (κ2) is 6.44. The van der Waals surface area contributed by atoms with Crippen LogP contribution in [-0.4, -0.2) is 23.7 Å². The van der Waals surface area contributed by atoms with Gasteiger partial charge in [0.25, 0.3) is 0 Å². The van der Waals surface area contributed by atoms with E-state index in [1.807, 2.05) is 0 Å². The molecule has 1 atom stereocenters. The average Bonchev–Trinajstić information content (AvgIpc) is 2.13. The fraction of sp³-hybridized carbons (Fsp3) is 0.545. The van der Waals surface area contributed by atoms with Crippen molar-refractivity contribution in [1.82, 2.24) is 0 Å². The molecule has 4 heteroatoms. The maximum absolute atomic E-state index is 10.9. The third-order valence-corrected chi connectivity index (χ3v) is 2.27. The second-order valence-electron chi connectivity index (χ2n) is 3.26. The molecule has 0 fully saturated rings. The van der Waals surface area contributed by atoms with E-state index in [1.165, 1.54) is 13.8 Å². The van der Waals surface area contributed by atoms with Crippen LogP contribution in [0.3, 0.4) is 0 Å². The first kappa shape index (κ1) is 13.9. The topological polar surface area (TPSA) is 43.4 Å². The van der Waals surface area contributed by atoms with Crippen molar-refractivity contribution < 1.29 is 14.3 Å². The molecule has 0 radical (unpaired) electrons. The van der Waals surface area contributed by atoms with Gasteiger partial charge in [-0.3, -0.25) is 9.59 Å². The molecular formula is C11H15ClO3. The van der Waals surface area contributed by atoms with Gasteiger partial charge in [0.2, 0.25) is 0 Å². The van der Waals surface area contributed by atoms with Crippen LogP contribution >= 0.6 is 11.6 Å². The Balaban J connectivity index is 4.56. The van der Waals surface area contributed by atoms with Crippen molar-refractivity contribution in [2.45, 2.75) is 33.1 Å². The number of hydrogen-bond donors (Lipinski definition) is 0. The zero-order valence-electron chi connectivity index (χ0n) is 9.39. The van der Waals surface area contributed by atoms with Crippen LogP contribution in [0.4, 0.5) is 0 Å². The Labute approximate surface area is 94.7 Å². The number of carbonyl (C=O) groups is 2. The molecule has 0 heterocycles. The van der Waals surface area contributed by atoms with Crippen LogP contribution in [0.5, 0.6) is 0 Å². The minimum Gasteiger partial charge on any atom is -0.464 e. The lowest BCUT2D eigenvalue weighted by molar-refractivity contribution is -0.140. The van der Waals surface area contributed by atoms with E-state index in [-0.39, 0.29) is 18.4 Å². The standard InChI is InChI=1S/C11H15ClO3/c1-7(9(3)13)5-8(2)11(12)6-15-10(4)14/h11H,6H2,1-4H3. The molecule has 1 unspecified atom stereocenters. The van der Waals surface area contributed by atoms with Gasteiger partial charge < -0.3 is 4.74 Å². The molecule has 0 aromatic rings. The van der Waals surface area contributed by atoms with E-state index in [0.717, 1.165) is 0 Å². The highest BCUT2D eigenvalue weighted by molar-refractivity contribution is 6.22. The fourth-order valence-electron chi connectivity index (χ4n) is 0.778. The van der Waals surface area contributed by atoms with E-state index < -0.39 is 5.38 Å². The summed E-state index contributed by atoms with van der Waals surface area (Å²) in [5, 5.41) is -0.441. The van der Waals surface area contributed by atoms with Gasteiger partial charge >= 0.3 is 5.97 Å².